The van der Waals surface area contributed by atoms with Crippen LogP contribution >= 0.6 is 0 Å². The van der Waals surface area contributed by atoms with E-state index in [0.717, 1.165) is 0 Å². The van der Waals surface area contributed by atoms with E-state index < -0.39 is 0 Å². The Balaban J connectivity index is 2.64. The zero-order valence-electron chi connectivity index (χ0n) is 7.06. The summed E-state index contributed by atoms with van der Waals surface area (Å²) >= 11 is 0. The van der Waals surface area contributed by atoms with E-state index in [1.807, 2.05) is 0 Å². The van der Waals surface area contributed by atoms with Gasteiger partial charge in [0.2, 0.25) is 0 Å². The highest BCUT2D eigenvalue weighted by Crippen LogP contribution is 2.16. The monoisotopic (exact) mass is 179 g/mol. The van der Waals surface area contributed by atoms with E-state index >= 15 is 0 Å². The molecule has 1 radical (unpaired) electrons. The van der Waals surface area contributed by atoms with Gasteiger partial charge in [-0.1, -0.05) is 0 Å². The SMILES string of the molecule is CC(=O)Oc1ccc(O[B]O)cc1. The van der Waals surface area contributed by atoms with Crippen LogP contribution in [0.5, 0.6) is 11.5 Å². The Morgan fingerprint density at radius 2 is 1.85 bits per heavy atom. The number of rotatable bonds is 3. The molecule has 5 heteroatoms. The van der Waals surface area contributed by atoms with Gasteiger partial charge >= 0.3 is 13.7 Å². The van der Waals surface area contributed by atoms with Gasteiger partial charge in [-0.3, -0.25) is 4.79 Å². The molecule has 0 amide bonds. The van der Waals surface area contributed by atoms with Crippen molar-refractivity contribution in [3.05, 3.63) is 24.3 Å². The van der Waals surface area contributed by atoms with Crippen LogP contribution in [-0.4, -0.2) is 18.7 Å². The van der Waals surface area contributed by atoms with Gasteiger partial charge in [-0.25, -0.2) is 0 Å². The van der Waals surface area contributed by atoms with Crippen molar-refractivity contribution < 1.29 is 19.2 Å². The maximum atomic E-state index is 10.5. The van der Waals surface area contributed by atoms with Crippen molar-refractivity contribution in [1.82, 2.24) is 0 Å². The van der Waals surface area contributed by atoms with Gasteiger partial charge in [0.15, 0.2) is 0 Å². The fourth-order valence-corrected chi connectivity index (χ4v) is 0.813. The van der Waals surface area contributed by atoms with E-state index in [4.69, 9.17) is 9.76 Å². The molecule has 0 aliphatic heterocycles. The lowest BCUT2D eigenvalue weighted by molar-refractivity contribution is -0.131. The van der Waals surface area contributed by atoms with Crippen molar-refractivity contribution in [2.75, 3.05) is 0 Å². The van der Waals surface area contributed by atoms with E-state index in [1.54, 1.807) is 24.3 Å². The maximum Gasteiger partial charge on any atom is 0.569 e. The second kappa shape index (κ2) is 4.52. The Morgan fingerprint density at radius 1 is 1.31 bits per heavy atom. The first kappa shape index (κ1) is 9.60. The molecule has 0 bridgehead atoms. The molecule has 0 heterocycles. The minimum absolute atomic E-state index is 0.373. The molecule has 4 nitrogen and oxygen atoms in total. The molecule has 0 fully saturated rings. The molecule has 0 saturated heterocycles. The minimum Gasteiger partial charge on any atom is -0.537 e. The van der Waals surface area contributed by atoms with Crippen molar-refractivity contribution >= 4 is 13.7 Å². The quantitative estimate of drug-likeness (QED) is 0.417. The first-order valence-electron chi connectivity index (χ1n) is 3.63. The Hall–Kier alpha value is -1.49. The average molecular weight is 179 g/mol. The lowest BCUT2D eigenvalue weighted by Crippen LogP contribution is -2.02. The summed E-state index contributed by atoms with van der Waals surface area (Å²) in [7, 11) is 0.584. The van der Waals surface area contributed by atoms with Gasteiger partial charge in [-0.05, 0) is 24.3 Å². The van der Waals surface area contributed by atoms with Gasteiger partial charge in [-0.2, -0.15) is 0 Å². The van der Waals surface area contributed by atoms with Crippen LogP contribution in [0.15, 0.2) is 24.3 Å². The summed E-state index contributed by atoms with van der Waals surface area (Å²) in [5, 5.41) is 8.30. The Bertz CT molecular complexity index is 283. The first-order chi connectivity index (χ1) is 6.22. The molecule has 0 aliphatic carbocycles. The van der Waals surface area contributed by atoms with Crippen LogP contribution in [0.1, 0.15) is 6.92 Å². The number of carbonyl (C=O) groups is 1. The highest BCUT2D eigenvalue weighted by atomic mass is 16.5. The van der Waals surface area contributed by atoms with Crippen LogP contribution in [0, 0.1) is 0 Å². The normalized spacial score (nSPS) is 9.08. The third-order valence-corrected chi connectivity index (χ3v) is 1.27. The third-order valence-electron chi connectivity index (χ3n) is 1.27. The second-order valence-corrected chi connectivity index (χ2v) is 2.29. The lowest BCUT2D eigenvalue weighted by Gasteiger charge is -2.03. The predicted molar refractivity (Wildman–Crippen MR) is 46.4 cm³/mol. The summed E-state index contributed by atoms with van der Waals surface area (Å²) in [5.41, 5.74) is 0. The van der Waals surface area contributed by atoms with E-state index in [9.17, 15) is 4.79 Å². The molecule has 0 saturated carbocycles. The van der Waals surface area contributed by atoms with Crippen LogP contribution in [0.3, 0.4) is 0 Å². The molecule has 0 unspecified atom stereocenters. The van der Waals surface area contributed by atoms with Gasteiger partial charge in [-0.15, -0.1) is 0 Å². The molecule has 0 aromatic heterocycles. The fourth-order valence-electron chi connectivity index (χ4n) is 0.813. The fraction of sp³-hybridized carbons (Fsp3) is 0.125. The molecule has 67 valence electrons. The van der Waals surface area contributed by atoms with Crippen molar-refractivity contribution in [3.8, 4) is 11.5 Å². The Labute approximate surface area is 76.4 Å². The van der Waals surface area contributed by atoms with E-state index in [-0.39, 0.29) is 5.97 Å². The maximum absolute atomic E-state index is 10.5. The van der Waals surface area contributed by atoms with Crippen LogP contribution < -0.4 is 9.39 Å². The third kappa shape index (κ3) is 3.17. The summed E-state index contributed by atoms with van der Waals surface area (Å²) in [4.78, 5) is 10.5. The second-order valence-electron chi connectivity index (χ2n) is 2.29. The number of benzene rings is 1. The van der Waals surface area contributed by atoms with Crippen molar-refractivity contribution in [1.29, 1.82) is 0 Å². The van der Waals surface area contributed by atoms with Gasteiger partial charge in [0.05, 0.1) is 0 Å². The van der Waals surface area contributed by atoms with E-state index in [0.29, 0.717) is 19.2 Å². The number of ether oxygens (including phenoxy) is 1. The summed E-state index contributed by atoms with van der Waals surface area (Å²) in [5.74, 6) is 0.540. The molecular formula is C8H8BO4. The minimum atomic E-state index is -0.373. The number of carbonyl (C=O) groups excluding carboxylic acids is 1. The van der Waals surface area contributed by atoms with Crippen LogP contribution in [0.4, 0.5) is 0 Å². The summed E-state index contributed by atoms with van der Waals surface area (Å²) in [6.07, 6.45) is 0. The summed E-state index contributed by atoms with van der Waals surface area (Å²) in [6, 6.07) is 6.29. The average Bonchev–Trinajstić information content (AvgIpc) is 2.08. The highest BCUT2D eigenvalue weighted by Gasteiger charge is 1.98. The van der Waals surface area contributed by atoms with E-state index in [1.165, 1.54) is 6.92 Å². The molecular weight excluding hydrogens is 171 g/mol. The predicted octanol–water partition coefficient (Wildman–Crippen LogP) is 0.517. The molecule has 0 atom stereocenters. The van der Waals surface area contributed by atoms with Crippen LogP contribution in [0.25, 0.3) is 0 Å². The lowest BCUT2D eigenvalue weighted by atomic mass is 10.3. The van der Waals surface area contributed by atoms with Crippen LogP contribution in [-0.2, 0) is 4.79 Å². The van der Waals surface area contributed by atoms with Crippen molar-refractivity contribution in [2.45, 2.75) is 6.92 Å². The largest absolute Gasteiger partial charge is 0.569 e. The molecule has 1 aromatic rings. The zero-order valence-corrected chi connectivity index (χ0v) is 7.06. The topological polar surface area (TPSA) is 55.8 Å². The number of hydrogen-bond acceptors (Lipinski definition) is 4. The first-order valence-corrected chi connectivity index (χ1v) is 3.63. The van der Waals surface area contributed by atoms with Gasteiger partial charge < -0.3 is 14.4 Å². The van der Waals surface area contributed by atoms with Gasteiger partial charge in [0, 0.05) is 6.92 Å². The van der Waals surface area contributed by atoms with E-state index in [2.05, 4.69) is 4.65 Å². The Kier molecular flexibility index (Phi) is 3.34. The molecule has 13 heavy (non-hydrogen) atoms. The van der Waals surface area contributed by atoms with Crippen LogP contribution in [0.2, 0.25) is 0 Å². The van der Waals surface area contributed by atoms with Crippen molar-refractivity contribution in [3.63, 3.8) is 0 Å². The zero-order chi connectivity index (χ0) is 9.68. The standard InChI is InChI=1S/C8H8BO4/c1-6(10)12-7-2-4-8(5-3-7)13-9-11/h2-5,11H,1H3. The summed E-state index contributed by atoms with van der Waals surface area (Å²) < 4.78 is 9.44. The molecule has 0 spiro atoms. The van der Waals surface area contributed by atoms with Gasteiger partial charge in [0.25, 0.3) is 0 Å². The summed E-state index contributed by atoms with van der Waals surface area (Å²) in [6.45, 7) is 1.33. The highest BCUT2D eigenvalue weighted by molar-refractivity contribution is 6.17. The molecule has 1 N–H and O–H groups in total. The van der Waals surface area contributed by atoms with Gasteiger partial charge in [0.1, 0.15) is 11.5 Å². The number of hydrogen-bond donors (Lipinski definition) is 1. The molecule has 0 aliphatic rings. The number of esters is 1. The smallest absolute Gasteiger partial charge is 0.537 e. The molecule has 1 rings (SSSR count). The van der Waals surface area contributed by atoms with Crippen molar-refractivity contribution in [2.24, 2.45) is 0 Å². The molecule has 1 aromatic carbocycles. The Morgan fingerprint density at radius 3 is 2.31 bits per heavy atom.